The molecule has 0 bridgehead atoms. The fourth-order valence-corrected chi connectivity index (χ4v) is 1.44. The van der Waals surface area contributed by atoms with Crippen LogP contribution in [0.1, 0.15) is 36.7 Å². The van der Waals surface area contributed by atoms with Crippen molar-refractivity contribution in [3.05, 3.63) is 35.4 Å². The van der Waals surface area contributed by atoms with Gasteiger partial charge in [-0.15, -0.1) is 0 Å². The Labute approximate surface area is 107 Å². The van der Waals surface area contributed by atoms with Crippen molar-refractivity contribution < 1.29 is 14.3 Å². The predicted octanol–water partition coefficient (Wildman–Crippen LogP) is 2.07. The van der Waals surface area contributed by atoms with Gasteiger partial charge in [-0.2, -0.15) is 0 Å². The maximum Gasteiger partial charge on any atom is 0.338 e. The van der Waals surface area contributed by atoms with Crippen molar-refractivity contribution in [3.63, 3.8) is 0 Å². The van der Waals surface area contributed by atoms with Crippen LogP contribution in [0.4, 0.5) is 0 Å². The standard InChI is InChI=1S/C14H19NO3/c1-10-6-5-7-11(8-10)13(17)18-9-12(16)15-14(2,3)4/h5-8H,9H2,1-4H3,(H,15,16). The smallest absolute Gasteiger partial charge is 0.338 e. The van der Waals surface area contributed by atoms with E-state index < -0.39 is 5.97 Å². The zero-order chi connectivity index (χ0) is 13.8. The first-order valence-electron chi connectivity index (χ1n) is 5.83. The second-order valence-corrected chi connectivity index (χ2v) is 5.24. The van der Waals surface area contributed by atoms with Crippen molar-refractivity contribution >= 4 is 11.9 Å². The molecule has 0 saturated carbocycles. The summed E-state index contributed by atoms with van der Waals surface area (Å²) in [4.78, 5) is 23.1. The summed E-state index contributed by atoms with van der Waals surface area (Å²) < 4.78 is 4.94. The van der Waals surface area contributed by atoms with E-state index in [1.54, 1.807) is 18.2 Å². The molecule has 1 aromatic rings. The molecule has 0 atom stereocenters. The van der Waals surface area contributed by atoms with Gasteiger partial charge in [-0.25, -0.2) is 4.79 Å². The van der Waals surface area contributed by atoms with Gasteiger partial charge < -0.3 is 10.1 Å². The van der Waals surface area contributed by atoms with Crippen LogP contribution in [0.25, 0.3) is 0 Å². The lowest BCUT2D eigenvalue weighted by atomic mass is 10.1. The maximum absolute atomic E-state index is 11.7. The highest BCUT2D eigenvalue weighted by Crippen LogP contribution is 2.05. The fraction of sp³-hybridized carbons (Fsp3) is 0.429. The molecule has 1 aromatic carbocycles. The monoisotopic (exact) mass is 249 g/mol. The molecule has 4 nitrogen and oxygen atoms in total. The first-order chi connectivity index (χ1) is 8.28. The van der Waals surface area contributed by atoms with Gasteiger partial charge in [0.2, 0.25) is 0 Å². The molecule has 0 unspecified atom stereocenters. The number of hydrogen-bond donors (Lipinski definition) is 1. The van der Waals surface area contributed by atoms with Crippen LogP contribution in [0.3, 0.4) is 0 Å². The first-order valence-corrected chi connectivity index (χ1v) is 5.83. The molecule has 18 heavy (non-hydrogen) atoms. The van der Waals surface area contributed by atoms with E-state index in [4.69, 9.17) is 4.74 Å². The summed E-state index contributed by atoms with van der Waals surface area (Å²) in [6.45, 7) is 7.24. The Morgan fingerprint density at radius 1 is 1.28 bits per heavy atom. The Bertz CT molecular complexity index is 447. The molecule has 0 fully saturated rings. The third kappa shape index (κ3) is 4.99. The summed E-state index contributed by atoms with van der Waals surface area (Å²) in [6.07, 6.45) is 0. The number of aryl methyl sites for hydroxylation is 1. The van der Waals surface area contributed by atoms with E-state index in [0.29, 0.717) is 5.56 Å². The number of carbonyl (C=O) groups is 2. The van der Waals surface area contributed by atoms with Gasteiger partial charge in [0, 0.05) is 5.54 Å². The number of carbonyl (C=O) groups excluding carboxylic acids is 2. The SMILES string of the molecule is Cc1cccc(C(=O)OCC(=O)NC(C)(C)C)c1. The van der Waals surface area contributed by atoms with Crippen molar-refractivity contribution in [3.8, 4) is 0 Å². The van der Waals surface area contributed by atoms with Gasteiger partial charge in [0.1, 0.15) is 0 Å². The summed E-state index contributed by atoms with van der Waals surface area (Å²) in [5.74, 6) is -0.786. The van der Waals surface area contributed by atoms with Crippen LogP contribution in [0, 0.1) is 6.92 Å². The first kappa shape index (κ1) is 14.2. The van der Waals surface area contributed by atoms with E-state index in [1.807, 2.05) is 33.8 Å². The summed E-state index contributed by atoms with van der Waals surface area (Å²) in [5.41, 5.74) is 1.11. The molecule has 4 heteroatoms. The lowest BCUT2D eigenvalue weighted by Gasteiger charge is -2.20. The molecule has 0 aliphatic carbocycles. The average molecular weight is 249 g/mol. The topological polar surface area (TPSA) is 55.4 Å². The third-order valence-corrected chi connectivity index (χ3v) is 2.10. The Morgan fingerprint density at radius 2 is 1.94 bits per heavy atom. The number of esters is 1. The van der Waals surface area contributed by atoms with Gasteiger partial charge in [0.15, 0.2) is 6.61 Å². The normalized spacial score (nSPS) is 10.9. The predicted molar refractivity (Wildman–Crippen MR) is 69.4 cm³/mol. The lowest BCUT2D eigenvalue weighted by Crippen LogP contribution is -2.42. The molecule has 0 heterocycles. The summed E-state index contributed by atoms with van der Waals surface area (Å²) in [6, 6.07) is 7.06. The number of amides is 1. The van der Waals surface area contributed by atoms with Crippen molar-refractivity contribution in [2.75, 3.05) is 6.61 Å². The average Bonchev–Trinajstić information content (AvgIpc) is 2.23. The van der Waals surface area contributed by atoms with E-state index in [1.165, 1.54) is 0 Å². The van der Waals surface area contributed by atoms with Crippen LogP contribution < -0.4 is 5.32 Å². The number of hydrogen-bond acceptors (Lipinski definition) is 3. The Balaban J connectivity index is 2.49. The van der Waals surface area contributed by atoms with Crippen LogP contribution in [-0.4, -0.2) is 24.0 Å². The van der Waals surface area contributed by atoms with Crippen molar-refractivity contribution in [1.29, 1.82) is 0 Å². The Morgan fingerprint density at radius 3 is 2.50 bits per heavy atom. The summed E-state index contributed by atoms with van der Waals surface area (Å²) >= 11 is 0. The molecule has 0 spiro atoms. The van der Waals surface area contributed by atoms with Crippen LogP contribution in [0.2, 0.25) is 0 Å². The number of benzene rings is 1. The molecule has 1 amide bonds. The zero-order valence-electron chi connectivity index (χ0n) is 11.2. The van der Waals surface area contributed by atoms with E-state index >= 15 is 0 Å². The molecule has 98 valence electrons. The maximum atomic E-state index is 11.7. The fourth-order valence-electron chi connectivity index (χ4n) is 1.44. The lowest BCUT2D eigenvalue weighted by molar-refractivity contribution is -0.125. The quantitative estimate of drug-likeness (QED) is 0.834. The largest absolute Gasteiger partial charge is 0.452 e. The number of nitrogens with one attached hydrogen (secondary N) is 1. The minimum absolute atomic E-state index is 0.260. The molecular weight excluding hydrogens is 230 g/mol. The minimum atomic E-state index is -0.484. The molecule has 1 rings (SSSR count). The number of ether oxygens (including phenoxy) is 1. The summed E-state index contributed by atoms with van der Waals surface area (Å²) in [5, 5.41) is 2.72. The second-order valence-electron chi connectivity index (χ2n) is 5.24. The van der Waals surface area contributed by atoms with Gasteiger partial charge in [-0.05, 0) is 39.8 Å². The number of rotatable bonds is 3. The van der Waals surface area contributed by atoms with Gasteiger partial charge in [0.05, 0.1) is 5.56 Å². The molecular formula is C14H19NO3. The molecule has 0 radical (unpaired) electrons. The highest BCUT2D eigenvalue weighted by atomic mass is 16.5. The summed E-state index contributed by atoms with van der Waals surface area (Å²) in [7, 11) is 0. The molecule has 0 saturated heterocycles. The van der Waals surface area contributed by atoms with Crippen LogP contribution >= 0.6 is 0 Å². The van der Waals surface area contributed by atoms with E-state index in [9.17, 15) is 9.59 Å². The Hall–Kier alpha value is -1.84. The van der Waals surface area contributed by atoms with Gasteiger partial charge in [-0.3, -0.25) is 4.79 Å². The van der Waals surface area contributed by atoms with Crippen molar-refractivity contribution in [2.24, 2.45) is 0 Å². The van der Waals surface area contributed by atoms with Gasteiger partial charge in [-0.1, -0.05) is 17.7 Å². The third-order valence-electron chi connectivity index (χ3n) is 2.10. The molecule has 0 aliphatic rings. The van der Waals surface area contributed by atoms with Gasteiger partial charge >= 0.3 is 5.97 Å². The van der Waals surface area contributed by atoms with E-state index in [2.05, 4.69) is 5.32 Å². The zero-order valence-corrected chi connectivity index (χ0v) is 11.2. The molecule has 0 aromatic heterocycles. The van der Waals surface area contributed by atoms with E-state index in [-0.39, 0.29) is 18.1 Å². The van der Waals surface area contributed by atoms with Gasteiger partial charge in [0.25, 0.3) is 5.91 Å². The minimum Gasteiger partial charge on any atom is -0.452 e. The highest BCUT2D eigenvalue weighted by Gasteiger charge is 2.15. The van der Waals surface area contributed by atoms with Crippen LogP contribution in [-0.2, 0) is 9.53 Å². The van der Waals surface area contributed by atoms with Crippen molar-refractivity contribution in [2.45, 2.75) is 33.2 Å². The Kier molecular flexibility index (Phi) is 4.48. The van der Waals surface area contributed by atoms with Crippen LogP contribution in [0.5, 0.6) is 0 Å². The molecule has 0 aliphatic heterocycles. The van der Waals surface area contributed by atoms with Crippen molar-refractivity contribution in [1.82, 2.24) is 5.32 Å². The highest BCUT2D eigenvalue weighted by molar-refractivity contribution is 5.91. The van der Waals surface area contributed by atoms with E-state index in [0.717, 1.165) is 5.56 Å². The van der Waals surface area contributed by atoms with Crippen LogP contribution in [0.15, 0.2) is 24.3 Å². The second kappa shape index (κ2) is 5.67. The molecule has 1 N–H and O–H groups in total.